The van der Waals surface area contributed by atoms with Gasteiger partial charge < -0.3 is 24.1 Å². The van der Waals surface area contributed by atoms with Crippen molar-refractivity contribution >= 4 is 17.4 Å². The molecule has 0 aliphatic carbocycles. The van der Waals surface area contributed by atoms with Gasteiger partial charge in [-0.15, -0.1) is 0 Å². The molecule has 2 aliphatic rings. The normalized spacial score (nSPS) is 20.3. The molecule has 0 aromatic heterocycles. The van der Waals surface area contributed by atoms with Crippen molar-refractivity contribution in [3.63, 3.8) is 0 Å². The maximum Gasteiger partial charge on any atom is 0.199 e. The number of benzene rings is 3. The lowest BCUT2D eigenvalue weighted by Crippen LogP contribution is -2.25. The van der Waals surface area contributed by atoms with Crippen molar-refractivity contribution in [2.24, 2.45) is 0 Å². The zero-order chi connectivity index (χ0) is 25.5. The molecule has 192 valence electrons. The second-order valence-electron chi connectivity index (χ2n) is 9.33. The van der Waals surface area contributed by atoms with Crippen molar-refractivity contribution in [1.29, 1.82) is 0 Å². The summed E-state index contributed by atoms with van der Waals surface area (Å²) in [5, 5.41) is 10.8. The van der Waals surface area contributed by atoms with Crippen LogP contribution in [0.1, 0.15) is 60.0 Å². The van der Waals surface area contributed by atoms with Crippen LogP contribution in [0, 0.1) is 0 Å². The van der Waals surface area contributed by atoms with Gasteiger partial charge in [0.05, 0.1) is 18.8 Å². The fraction of sp³-hybridized carbons (Fsp3) is 0.323. The lowest BCUT2D eigenvalue weighted by Gasteiger charge is -2.23. The number of Topliss-reactive ketones (excluding diaryl/α,β-unsaturated/α-hetero) is 1. The van der Waals surface area contributed by atoms with Crippen LogP contribution in [0.25, 0.3) is 11.6 Å². The van der Waals surface area contributed by atoms with E-state index in [2.05, 4.69) is 0 Å². The minimum Gasteiger partial charge on any atom is -0.507 e. The highest BCUT2D eigenvalue weighted by Gasteiger charge is 2.21. The van der Waals surface area contributed by atoms with E-state index >= 15 is 0 Å². The number of carbonyl (C=O) groups excluding carboxylic acids is 1. The Hall–Kier alpha value is -3.61. The second kappa shape index (κ2) is 12.1. The molecule has 1 N–H and O–H groups in total. The highest BCUT2D eigenvalue weighted by atomic mass is 16.7. The van der Waals surface area contributed by atoms with Gasteiger partial charge in [0.15, 0.2) is 18.4 Å². The molecule has 6 heteroatoms. The molecule has 0 radical (unpaired) electrons. The second-order valence-corrected chi connectivity index (χ2v) is 9.33. The highest BCUT2D eigenvalue weighted by Crippen LogP contribution is 2.32. The molecule has 0 spiro atoms. The Balaban J connectivity index is 1.39. The molecule has 0 saturated carbocycles. The van der Waals surface area contributed by atoms with Gasteiger partial charge in [-0.2, -0.15) is 0 Å². The quantitative estimate of drug-likeness (QED) is 0.213. The summed E-state index contributed by atoms with van der Waals surface area (Å²) in [7, 11) is 0. The lowest BCUT2D eigenvalue weighted by atomic mass is 9.94. The number of carbonyl (C=O) groups is 1. The predicted octanol–water partition coefficient (Wildman–Crippen LogP) is 6.63. The van der Waals surface area contributed by atoms with Crippen LogP contribution in [0.15, 0.2) is 72.8 Å². The van der Waals surface area contributed by atoms with E-state index in [9.17, 15) is 9.90 Å². The maximum absolute atomic E-state index is 13.7. The summed E-state index contributed by atoms with van der Waals surface area (Å²) in [5.74, 6) is 0.746. The topological polar surface area (TPSA) is 74.2 Å². The zero-order valence-corrected chi connectivity index (χ0v) is 20.8. The molecule has 3 aromatic carbocycles. The molecular formula is C31H32O6. The van der Waals surface area contributed by atoms with Crippen molar-refractivity contribution < 1.29 is 28.8 Å². The summed E-state index contributed by atoms with van der Waals surface area (Å²) in [5.41, 5.74) is 2.28. The first kappa shape index (κ1) is 25.1. The van der Waals surface area contributed by atoms with Gasteiger partial charge in [0.25, 0.3) is 0 Å². The van der Waals surface area contributed by atoms with E-state index in [1.807, 2.05) is 60.7 Å². The Kier molecular flexibility index (Phi) is 8.18. The standard InChI is InChI=1S/C31H32O6/c32-28-21-25(37-30-11-5-7-19-35-30)16-17-26(28)31(33)27(20-22-8-2-1-3-9-22)23-12-14-24(15-13-23)36-29-10-4-6-18-34-29/h1-3,8-9,12-17,20-21,29-30,32H,4-7,10-11,18-19H2/b27-20+. The third-order valence-corrected chi connectivity index (χ3v) is 6.55. The first-order chi connectivity index (χ1) is 18.2. The van der Waals surface area contributed by atoms with Crippen molar-refractivity contribution in [2.45, 2.75) is 51.1 Å². The van der Waals surface area contributed by atoms with Gasteiger partial charge in [-0.05, 0) is 67.2 Å². The van der Waals surface area contributed by atoms with Crippen LogP contribution in [0.3, 0.4) is 0 Å². The molecule has 2 atom stereocenters. The average molecular weight is 501 g/mol. The number of hydrogen-bond donors (Lipinski definition) is 1. The number of ether oxygens (including phenoxy) is 4. The molecule has 0 bridgehead atoms. The molecule has 5 rings (SSSR count). The third-order valence-electron chi connectivity index (χ3n) is 6.55. The fourth-order valence-electron chi connectivity index (χ4n) is 4.54. The van der Waals surface area contributed by atoms with E-state index < -0.39 is 0 Å². The van der Waals surface area contributed by atoms with Crippen molar-refractivity contribution in [1.82, 2.24) is 0 Å². The molecule has 3 aromatic rings. The summed E-state index contributed by atoms with van der Waals surface area (Å²) in [6, 6.07) is 21.8. The summed E-state index contributed by atoms with van der Waals surface area (Å²) in [4.78, 5) is 13.7. The molecule has 2 saturated heterocycles. The van der Waals surface area contributed by atoms with Gasteiger partial charge in [-0.1, -0.05) is 42.5 Å². The van der Waals surface area contributed by atoms with Crippen LogP contribution in [0.5, 0.6) is 17.2 Å². The molecule has 2 aliphatic heterocycles. The zero-order valence-electron chi connectivity index (χ0n) is 20.8. The Morgan fingerprint density at radius 2 is 1.41 bits per heavy atom. The number of phenols is 1. The van der Waals surface area contributed by atoms with Crippen LogP contribution in [-0.2, 0) is 9.47 Å². The largest absolute Gasteiger partial charge is 0.507 e. The number of hydrogen-bond acceptors (Lipinski definition) is 6. The molecule has 0 amide bonds. The lowest BCUT2D eigenvalue weighted by molar-refractivity contribution is -0.106. The van der Waals surface area contributed by atoms with E-state index in [1.165, 1.54) is 6.07 Å². The van der Waals surface area contributed by atoms with Gasteiger partial charge in [0.1, 0.15) is 17.2 Å². The Labute approximate surface area is 217 Å². The number of rotatable bonds is 8. The molecular weight excluding hydrogens is 468 g/mol. The van der Waals surface area contributed by atoms with Crippen molar-refractivity contribution in [3.05, 3.63) is 89.5 Å². The highest BCUT2D eigenvalue weighted by molar-refractivity contribution is 6.33. The summed E-state index contributed by atoms with van der Waals surface area (Å²) in [6.45, 7) is 1.38. The van der Waals surface area contributed by atoms with Gasteiger partial charge in [0, 0.05) is 24.5 Å². The first-order valence-electron chi connectivity index (χ1n) is 13.0. The van der Waals surface area contributed by atoms with E-state index in [0.717, 1.165) is 49.7 Å². The van der Waals surface area contributed by atoms with Gasteiger partial charge in [0.2, 0.25) is 0 Å². The molecule has 6 nitrogen and oxygen atoms in total. The number of aromatic hydroxyl groups is 1. The predicted molar refractivity (Wildman–Crippen MR) is 142 cm³/mol. The van der Waals surface area contributed by atoms with Crippen LogP contribution in [0.2, 0.25) is 0 Å². The Morgan fingerprint density at radius 3 is 2.00 bits per heavy atom. The van der Waals surface area contributed by atoms with Gasteiger partial charge in [-0.25, -0.2) is 0 Å². The summed E-state index contributed by atoms with van der Waals surface area (Å²) in [6.07, 6.45) is 7.14. The van der Waals surface area contributed by atoms with E-state index in [-0.39, 0.29) is 29.7 Å². The summed E-state index contributed by atoms with van der Waals surface area (Å²) < 4.78 is 23.1. The Morgan fingerprint density at radius 1 is 0.784 bits per heavy atom. The monoisotopic (exact) mass is 500 g/mol. The van der Waals surface area contributed by atoms with Gasteiger partial charge in [-0.3, -0.25) is 4.79 Å². The van der Waals surface area contributed by atoms with Crippen LogP contribution >= 0.6 is 0 Å². The van der Waals surface area contributed by atoms with E-state index in [1.54, 1.807) is 12.1 Å². The van der Waals surface area contributed by atoms with Crippen molar-refractivity contribution in [2.75, 3.05) is 13.2 Å². The van der Waals surface area contributed by atoms with Crippen LogP contribution < -0.4 is 9.47 Å². The number of phenolic OH excluding ortho intramolecular Hbond substituents is 1. The molecule has 37 heavy (non-hydrogen) atoms. The van der Waals surface area contributed by atoms with E-state index in [4.69, 9.17) is 18.9 Å². The SMILES string of the molecule is O=C(/C(=C/c1ccccc1)c1ccc(OC2CCCCO2)cc1)c1ccc(OC2CCCCO2)cc1O. The van der Waals surface area contributed by atoms with Crippen molar-refractivity contribution in [3.8, 4) is 17.2 Å². The fourth-order valence-corrected chi connectivity index (χ4v) is 4.54. The van der Waals surface area contributed by atoms with Gasteiger partial charge >= 0.3 is 0 Å². The minimum absolute atomic E-state index is 0.133. The van der Waals surface area contributed by atoms with Crippen LogP contribution in [0.4, 0.5) is 0 Å². The number of ketones is 1. The number of allylic oxidation sites excluding steroid dienone is 1. The molecule has 2 heterocycles. The van der Waals surface area contributed by atoms with E-state index in [0.29, 0.717) is 30.3 Å². The third kappa shape index (κ3) is 6.59. The minimum atomic E-state index is -0.331. The first-order valence-corrected chi connectivity index (χ1v) is 13.0. The summed E-state index contributed by atoms with van der Waals surface area (Å²) >= 11 is 0. The molecule has 2 unspecified atom stereocenters. The maximum atomic E-state index is 13.7. The van der Waals surface area contributed by atoms with Crippen LogP contribution in [-0.4, -0.2) is 36.7 Å². The smallest absolute Gasteiger partial charge is 0.199 e. The Bertz CT molecular complexity index is 1210. The average Bonchev–Trinajstić information content (AvgIpc) is 2.94. The molecule has 2 fully saturated rings.